The van der Waals surface area contributed by atoms with Gasteiger partial charge in [-0.2, -0.15) is 0 Å². The molecule has 0 spiro atoms. The van der Waals surface area contributed by atoms with Gasteiger partial charge in [-0.05, 0) is 42.9 Å². The Kier molecular flexibility index (Phi) is 4.25. The van der Waals surface area contributed by atoms with Gasteiger partial charge in [-0.25, -0.2) is 9.59 Å². The summed E-state index contributed by atoms with van der Waals surface area (Å²) in [6.45, 7) is 7.18. The smallest absolute Gasteiger partial charge is 0.327 e. The molecule has 1 saturated heterocycles. The van der Waals surface area contributed by atoms with Crippen molar-refractivity contribution in [2.24, 2.45) is 17.3 Å². The van der Waals surface area contributed by atoms with Crippen molar-refractivity contribution in [1.29, 1.82) is 0 Å². The van der Waals surface area contributed by atoms with Crippen molar-refractivity contribution in [3.8, 4) is 0 Å². The van der Waals surface area contributed by atoms with Crippen LogP contribution >= 0.6 is 0 Å². The lowest BCUT2D eigenvalue weighted by Crippen LogP contribution is -2.59. The Morgan fingerprint density at radius 1 is 1.40 bits per heavy atom. The van der Waals surface area contributed by atoms with Gasteiger partial charge in [-0.15, -0.1) is 0 Å². The van der Waals surface area contributed by atoms with Gasteiger partial charge in [0, 0.05) is 13.1 Å². The van der Waals surface area contributed by atoms with E-state index in [1.54, 1.807) is 0 Å². The first-order valence-corrected chi connectivity index (χ1v) is 7.60. The van der Waals surface area contributed by atoms with Crippen LogP contribution in [-0.4, -0.2) is 41.1 Å². The second-order valence-electron chi connectivity index (χ2n) is 7.03. The van der Waals surface area contributed by atoms with Crippen molar-refractivity contribution < 1.29 is 14.7 Å². The molecule has 1 aliphatic heterocycles. The zero-order valence-electron chi connectivity index (χ0n) is 12.7. The van der Waals surface area contributed by atoms with Gasteiger partial charge in [0.25, 0.3) is 0 Å². The highest BCUT2D eigenvalue weighted by atomic mass is 16.4. The number of nitrogens with one attached hydrogen (secondary N) is 1. The van der Waals surface area contributed by atoms with E-state index in [1.807, 2.05) is 13.8 Å². The number of carbonyl (C=O) groups excluding carboxylic acids is 1. The van der Waals surface area contributed by atoms with E-state index in [4.69, 9.17) is 0 Å². The summed E-state index contributed by atoms with van der Waals surface area (Å²) in [4.78, 5) is 25.3. The molecule has 2 atom stereocenters. The average Bonchev–Trinajstić information content (AvgIpc) is 3.17. The van der Waals surface area contributed by atoms with E-state index in [2.05, 4.69) is 12.2 Å². The Morgan fingerprint density at radius 2 is 2.05 bits per heavy atom. The highest BCUT2D eigenvalue weighted by Crippen LogP contribution is 2.37. The number of nitrogens with zero attached hydrogens (tertiary/aromatic N) is 1. The highest BCUT2D eigenvalue weighted by Gasteiger charge is 2.44. The SMILES string of the molecule is CC(CNC(=O)N1CCCC(C)(C)C1C(=O)O)C1CC1. The van der Waals surface area contributed by atoms with Gasteiger partial charge in [0.15, 0.2) is 0 Å². The molecule has 1 heterocycles. The standard InChI is InChI=1S/C15H26N2O3/c1-10(11-5-6-11)9-16-14(20)17-8-4-7-15(2,3)12(17)13(18)19/h10-12H,4-9H2,1-3H3,(H,16,20)(H,18,19). The third-order valence-corrected chi connectivity index (χ3v) is 4.77. The third-order valence-electron chi connectivity index (χ3n) is 4.77. The molecule has 0 bridgehead atoms. The molecule has 1 aliphatic carbocycles. The number of hydrogen-bond acceptors (Lipinski definition) is 2. The first-order chi connectivity index (χ1) is 9.33. The zero-order chi connectivity index (χ0) is 14.9. The lowest BCUT2D eigenvalue weighted by molar-refractivity contribution is -0.148. The fraction of sp³-hybridized carbons (Fsp3) is 0.867. The van der Waals surface area contributed by atoms with Crippen LogP contribution in [0.5, 0.6) is 0 Å². The molecule has 2 unspecified atom stereocenters. The number of amides is 2. The van der Waals surface area contributed by atoms with Crippen LogP contribution in [0.2, 0.25) is 0 Å². The van der Waals surface area contributed by atoms with Crippen LogP contribution in [0.25, 0.3) is 0 Å². The quantitative estimate of drug-likeness (QED) is 0.831. The van der Waals surface area contributed by atoms with E-state index in [9.17, 15) is 14.7 Å². The number of hydrogen-bond donors (Lipinski definition) is 2. The van der Waals surface area contributed by atoms with Crippen molar-refractivity contribution in [2.45, 2.75) is 52.5 Å². The van der Waals surface area contributed by atoms with Crippen LogP contribution in [-0.2, 0) is 4.79 Å². The van der Waals surface area contributed by atoms with Crippen molar-refractivity contribution in [3.63, 3.8) is 0 Å². The summed E-state index contributed by atoms with van der Waals surface area (Å²) in [5, 5.41) is 12.4. The highest BCUT2D eigenvalue weighted by molar-refractivity contribution is 5.83. The average molecular weight is 282 g/mol. The number of carboxylic acid groups (broad SMARTS) is 1. The molecule has 0 aromatic carbocycles. The van der Waals surface area contributed by atoms with Crippen LogP contribution in [0, 0.1) is 17.3 Å². The van der Waals surface area contributed by atoms with Crippen molar-refractivity contribution in [3.05, 3.63) is 0 Å². The molecule has 1 saturated carbocycles. The number of likely N-dealkylation sites (tertiary alicyclic amines) is 1. The van der Waals surface area contributed by atoms with E-state index in [1.165, 1.54) is 17.7 Å². The molecule has 0 radical (unpaired) electrons. The number of piperidine rings is 1. The predicted molar refractivity (Wildman–Crippen MR) is 76.4 cm³/mol. The second-order valence-corrected chi connectivity index (χ2v) is 7.03. The maximum atomic E-state index is 12.3. The second kappa shape index (κ2) is 5.62. The van der Waals surface area contributed by atoms with Crippen LogP contribution in [0.15, 0.2) is 0 Å². The van der Waals surface area contributed by atoms with Crippen molar-refractivity contribution >= 4 is 12.0 Å². The monoisotopic (exact) mass is 282 g/mol. The lowest BCUT2D eigenvalue weighted by atomic mass is 9.76. The van der Waals surface area contributed by atoms with Gasteiger partial charge in [0.2, 0.25) is 0 Å². The maximum Gasteiger partial charge on any atom is 0.327 e. The van der Waals surface area contributed by atoms with Gasteiger partial charge in [-0.3, -0.25) is 0 Å². The van der Waals surface area contributed by atoms with Gasteiger partial charge >= 0.3 is 12.0 Å². The first-order valence-electron chi connectivity index (χ1n) is 7.60. The molecule has 5 nitrogen and oxygen atoms in total. The minimum atomic E-state index is -0.903. The normalized spacial score (nSPS) is 26.9. The molecule has 2 rings (SSSR count). The summed E-state index contributed by atoms with van der Waals surface area (Å²) in [6.07, 6.45) is 4.21. The molecule has 2 amide bonds. The number of urea groups is 1. The summed E-state index contributed by atoms with van der Waals surface area (Å²) in [5.74, 6) is 0.323. The van der Waals surface area contributed by atoms with Gasteiger partial charge in [-0.1, -0.05) is 20.8 Å². The van der Waals surface area contributed by atoms with Crippen LogP contribution < -0.4 is 5.32 Å². The topological polar surface area (TPSA) is 69.6 Å². The summed E-state index contributed by atoms with van der Waals surface area (Å²) in [7, 11) is 0. The van der Waals surface area contributed by atoms with Gasteiger partial charge in [0.05, 0.1) is 0 Å². The van der Waals surface area contributed by atoms with E-state index >= 15 is 0 Å². The first kappa shape index (κ1) is 15.1. The Balaban J connectivity index is 1.97. The minimum Gasteiger partial charge on any atom is -0.480 e. The van der Waals surface area contributed by atoms with Crippen LogP contribution in [0.1, 0.15) is 46.5 Å². The summed E-state index contributed by atoms with van der Waals surface area (Å²) >= 11 is 0. The molecular formula is C15H26N2O3. The summed E-state index contributed by atoms with van der Waals surface area (Å²) < 4.78 is 0. The molecule has 0 aromatic rings. The predicted octanol–water partition coefficient (Wildman–Crippen LogP) is 2.32. The molecule has 2 aliphatic rings. The fourth-order valence-corrected chi connectivity index (χ4v) is 3.26. The van der Waals surface area contributed by atoms with Crippen LogP contribution in [0.4, 0.5) is 4.79 Å². The zero-order valence-corrected chi connectivity index (χ0v) is 12.7. The van der Waals surface area contributed by atoms with Crippen LogP contribution in [0.3, 0.4) is 0 Å². The third kappa shape index (κ3) is 3.25. The van der Waals surface area contributed by atoms with E-state index in [0.29, 0.717) is 19.0 Å². The summed E-state index contributed by atoms with van der Waals surface area (Å²) in [5.41, 5.74) is -0.371. The van der Waals surface area contributed by atoms with Crippen molar-refractivity contribution in [1.82, 2.24) is 10.2 Å². The molecular weight excluding hydrogens is 256 g/mol. The molecule has 2 N–H and O–H groups in total. The molecule has 20 heavy (non-hydrogen) atoms. The van der Waals surface area contributed by atoms with E-state index in [-0.39, 0.29) is 11.4 Å². The largest absolute Gasteiger partial charge is 0.480 e. The Labute approximate surface area is 120 Å². The summed E-state index contributed by atoms with van der Waals surface area (Å²) in [6, 6.07) is -0.954. The van der Waals surface area contributed by atoms with E-state index in [0.717, 1.165) is 18.8 Å². The number of aliphatic carboxylic acids is 1. The number of carbonyl (C=O) groups is 2. The molecule has 114 valence electrons. The lowest BCUT2D eigenvalue weighted by Gasteiger charge is -2.43. The molecule has 5 heteroatoms. The van der Waals surface area contributed by atoms with Crippen molar-refractivity contribution in [2.75, 3.05) is 13.1 Å². The number of rotatable bonds is 4. The fourth-order valence-electron chi connectivity index (χ4n) is 3.26. The van der Waals surface area contributed by atoms with Gasteiger partial charge < -0.3 is 15.3 Å². The van der Waals surface area contributed by atoms with E-state index < -0.39 is 12.0 Å². The Morgan fingerprint density at radius 3 is 2.60 bits per heavy atom. The van der Waals surface area contributed by atoms with Gasteiger partial charge in [0.1, 0.15) is 6.04 Å². The maximum absolute atomic E-state index is 12.3. The molecule has 0 aromatic heterocycles. The molecule has 2 fully saturated rings. The minimum absolute atomic E-state index is 0.224. The Bertz CT molecular complexity index is 391. The number of carboxylic acids is 1. The Hall–Kier alpha value is -1.26.